The number of aliphatic hydroxyl groups is 2. The van der Waals surface area contributed by atoms with Crippen molar-refractivity contribution >= 4 is 0 Å². The molecule has 1 aliphatic heterocycles. The molecule has 0 fully saturated rings. The first kappa shape index (κ1) is 12.2. The maximum atomic E-state index is 10.4. The normalized spacial score (nSPS) is 16.5. The molecule has 0 bridgehead atoms. The van der Waals surface area contributed by atoms with Crippen molar-refractivity contribution in [3.8, 4) is 5.75 Å². The van der Waals surface area contributed by atoms with Crippen LogP contribution in [-0.4, -0.2) is 16.8 Å². The van der Waals surface area contributed by atoms with Gasteiger partial charge in [0.15, 0.2) is 0 Å². The summed E-state index contributed by atoms with van der Waals surface area (Å²) in [6, 6.07) is 14.9. The van der Waals surface area contributed by atoms with Crippen LogP contribution in [-0.2, 0) is 6.42 Å². The van der Waals surface area contributed by atoms with Crippen molar-refractivity contribution in [1.29, 1.82) is 0 Å². The Balaban J connectivity index is 1.92. The summed E-state index contributed by atoms with van der Waals surface area (Å²) in [5.41, 5.74) is 2.45. The summed E-state index contributed by atoms with van der Waals surface area (Å²) in [6.45, 7) is 0.639. The SMILES string of the molecule is OC(c1ccccc1)C(O)c1cccc2c1OCC2. The van der Waals surface area contributed by atoms with E-state index in [1.54, 1.807) is 18.2 Å². The van der Waals surface area contributed by atoms with E-state index in [9.17, 15) is 10.2 Å². The summed E-state index contributed by atoms with van der Waals surface area (Å²) in [4.78, 5) is 0. The first-order valence-corrected chi connectivity index (χ1v) is 6.43. The van der Waals surface area contributed by atoms with Crippen molar-refractivity contribution in [3.63, 3.8) is 0 Å². The van der Waals surface area contributed by atoms with Gasteiger partial charge in [0, 0.05) is 12.0 Å². The maximum absolute atomic E-state index is 10.4. The zero-order chi connectivity index (χ0) is 13.2. The summed E-state index contributed by atoms with van der Waals surface area (Å²) in [5.74, 6) is 0.727. The van der Waals surface area contributed by atoms with Crippen LogP contribution in [0.5, 0.6) is 5.75 Å². The minimum absolute atomic E-state index is 0.639. The first-order valence-electron chi connectivity index (χ1n) is 6.43. The molecule has 0 aliphatic carbocycles. The monoisotopic (exact) mass is 256 g/mol. The molecule has 19 heavy (non-hydrogen) atoms. The van der Waals surface area contributed by atoms with Crippen LogP contribution in [0.1, 0.15) is 28.9 Å². The molecule has 3 heteroatoms. The van der Waals surface area contributed by atoms with Crippen LogP contribution >= 0.6 is 0 Å². The van der Waals surface area contributed by atoms with Gasteiger partial charge in [-0.2, -0.15) is 0 Å². The van der Waals surface area contributed by atoms with Gasteiger partial charge in [-0.3, -0.25) is 0 Å². The Hall–Kier alpha value is -1.84. The number of hydrogen-bond acceptors (Lipinski definition) is 3. The zero-order valence-corrected chi connectivity index (χ0v) is 10.5. The van der Waals surface area contributed by atoms with Crippen molar-refractivity contribution in [2.45, 2.75) is 18.6 Å². The van der Waals surface area contributed by atoms with Crippen LogP contribution in [0.15, 0.2) is 48.5 Å². The van der Waals surface area contributed by atoms with E-state index in [4.69, 9.17) is 4.74 Å². The third-order valence-electron chi connectivity index (χ3n) is 3.50. The van der Waals surface area contributed by atoms with Crippen LogP contribution in [0.3, 0.4) is 0 Å². The summed E-state index contributed by atoms with van der Waals surface area (Å²) in [7, 11) is 0. The van der Waals surface area contributed by atoms with E-state index in [1.165, 1.54) is 0 Å². The molecule has 0 amide bonds. The molecular formula is C16H16O3. The van der Waals surface area contributed by atoms with Gasteiger partial charge in [-0.25, -0.2) is 0 Å². The maximum Gasteiger partial charge on any atom is 0.128 e. The quantitative estimate of drug-likeness (QED) is 0.886. The molecule has 0 saturated heterocycles. The van der Waals surface area contributed by atoms with Gasteiger partial charge < -0.3 is 14.9 Å². The Morgan fingerprint density at radius 2 is 1.68 bits per heavy atom. The highest BCUT2D eigenvalue weighted by Gasteiger charge is 2.26. The second-order valence-corrected chi connectivity index (χ2v) is 4.73. The predicted octanol–water partition coefficient (Wildman–Crippen LogP) is 2.39. The average Bonchev–Trinajstić information content (AvgIpc) is 2.95. The van der Waals surface area contributed by atoms with Gasteiger partial charge in [0.1, 0.15) is 18.0 Å². The highest BCUT2D eigenvalue weighted by molar-refractivity contribution is 5.45. The Labute approximate surface area is 112 Å². The van der Waals surface area contributed by atoms with Gasteiger partial charge in [-0.05, 0) is 11.1 Å². The van der Waals surface area contributed by atoms with Gasteiger partial charge in [-0.1, -0.05) is 48.5 Å². The van der Waals surface area contributed by atoms with E-state index in [2.05, 4.69) is 0 Å². The lowest BCUT2D eigenvalue weighted by Gasteiger charge is -2.20. The van der Waals surface area contributed by atoms with E-state index in [1.807, 2.05) is 30.3 Å². The number of aliphatic hydroxyl groups excluding tert-OH is 2. The van der Waals surface area contributed by atoms with Crippen LogP contribution in [0.4, 0.5) is 0 Å². The summed E-state index contributed by atoms with van der Waals surface area (Å²) in [5, 5.41) is 20.6. The van der Waals surface area contributed by atoms with Crippen molar-refractivity contribution < 1.29 is 14.9 Å². The van der Waals surface area contributed by atoms with Crippen molar-refractivity contribution in [3.05, 3.63) is 65.2 Å². The molecule has 0 radical (unpaired) electrons. The fraction of sp³-hybridized carbons (Fsp3) is 0.250. The predicted molar refractivity (Wildman–Crippen MR) is 72.0 cm³/mol. The van der Waals surface area contributed by atoms with E-state index in [0.29, 0.717) is 17.7 Å². The molecule has 0 saturated carbocycles. The Kier molecular flexibility index (Phi) is 3.23. The lowest BCUT2D eigenvalue weighted by atomic mass is 9.96. The number of hydrogen-bond donors (Lipinski definition) is 2. The Morgan fingerprint density at radius 1 is 0.895 bits per heavy atom. The van der Waals surface area contributed by atoms with E-state index >= 15 is 0 Å². The zero-order valence-electron chi connectivity index (χ0n) is 10.5. The fourth-order valence-corrected chi connectivity index (χ4v) is 2.48. The molecule has 98 valence electrons. The molecular weight excluding hydrogens is 240 g/mol. The van der Waals surface area contributed by atoms with Gasteiger partial charge in [0.25, 0.3) is 0 Å². The molecule has 2 unspecified atom stereocenters. The highest BCUT2D eigenvalue weighted by Crippen LogP contribution is 2.38. The molecule has 3 nitrogen and oxygen atoms in total. The fourth-order valence-electron chi connectivity index (χ4n) is 2.48. The molecule has 2 aromatic rings. The third kappa shape index (κ3) is 2.23. The third-order valence-corrected chi connectivity index (χ3v) is 3.50. The number of fused-ring (bicyclic) bond motifs is 1. The lowest BCUT2D eigenvalue weighted by molar-refractivity contribution is 0.0158. The smallest absolute Gasteiger partial charge is 0.128 e. The second-order valence-electron chi connectivity index (χ2n) is 4.73. The Morgan fingerprint density at radius 3 is 2.47 bits per heavy atom. The van der Waals surface area contributed by atoms with Crippen LogP contribution in [0.2, 0.25) is 0 Å². The van der Waals surface area contributed by atoms with E-state index in [-0.39, 0.29) is 0 Å². The largest absolute Gasteiger partial charge is 0.493 e. The molecule has 2 atom stereocenters. The molecule has 1 aliphatic rings. The van der Waals surface area contributed by atoms with E-state index < -0.39 is 12.2 Å². The van der Waals surface area contributed by atoms with Crippen LogP contribution < -0.4 is 4.74 Å². The molecule has 0 aromatic heterocycles. The van der Waals surface area contributed by atoms with Crippen molar-refractivity contribution in [2.75, 3.05) is 6.61 Å². The van der Waals surface area contributed by atoms with Crippen molar-refractivity contribution in [1.82, 2.24) is 0 Å². The average molecular weight is 256 g/mol. The molecule has 0 spiro atoms. The lowest BCUT2D eigenvalue weighted by Crippen LogP contribution is -2.11. The van der Waals surface area contributed by atoms with Crippen molar-refractivity contribution in [2.24, 2.45) is 0 Å². The second kappa shape index (κ2) is 5.03. The molecule has 3 rings (SSSR count). The van der Waals surface area contributed by atoms with Gasteiger partial charge >= 0.3 is 0 Å². The van der Waals surface area contributed by atoms with Crippen LogP contribution in [0, 0.1) is 0 Å². The number of benzene rings is 2. The Bertz CT molecular complexity index is 565. The minimum Gasteiger partial charge on any atom is -0.493 e. The summed E-state index contributed by atoms with van der Waals surface area (Å²) < 4.78 is 5.57. The topological polar surface area (TPSA) is 49.7 Å². The van der Waals surface area contributed by atoms with Gasteiger partial charge in [0.2, 0.25) is 0 Å². The van der Waals surface area contributed by atoms with Crippen LogP contribution in [0.25, 0.3) is 0 Å². The standard InChI is InChI=1S/C16H16O3/c17-14(11-5-2-1-3-6-11)15(18)13-8-4-7-12-9-10-19-16(12)13/h1-8,14-15,17-18H,9-10H2. The summed E-state index contributed by atoms with van der Waals surface area (Å²) >= 11 is 0. The molecule has 2 N–H and O–H groups in total. The van der Waals surface area contributed by atoms with Gasteiger partial charge in [-0.15, -0.1) is 0 Å². The molecule has 1 heterocycles. The highest BCUT2D eigenvalue weighted by atomic mass is 16.5. The first-order chi connectivity index (χ1) is 9.27. The summed E-state index contributed by atoms with van der Waals surface area (Å²) in [6.07, 6.45) is -1.07. The number of para-hydroxylation sites is 1. The van der Waals surface area contributed by atoms with Gasteiger partial charge in [0.05, 0.1) is 6.61 Å². The number of ether oxygens (including phenoxy) is 1. The number of rotatable bonds is 3. The minimum atomic E-state index is -0.976. The molecule has 2 aromatic carbocycles. The van der Waals surface area contributed by atoms with E-state index in [0.717, 1.165) is 17.7 Å².